The summed E-state index contributed by atoms with van der Waals surface area (Å²) in [5.41, 5.74) is -4.63. The van der Waals surface area contributed by atoms with E-state index >= 15 is 0 Å². The lowest BCUT2D eigenvalue weighted by atomic mass is 9.52. The number of rotatable bonds is 4. The second kappa shape index (κ2) is 8.41. The van der Waals surface area contributed by atoms with Crippen molar-refractivity contribution >= 4 is 11.8 Å². The van der Waals surface area contributed by atoms with Crippen LogP contribution in [0.4, 0.5) is 0 Å². The van der Waals surface area contributed by atoms with Crippen LogP contribution in [0.25, 0.3) is 0 Å². The molecule has 3 bridgehead atoms. The van der Waals surface area contributed by atoms with Gasteiger partial charge in [-0.05, 0) is 38.0 Å². The number of carbonyl (C=O) groups is 2. The van der Waals surface area contributed by atoms with E-state index in [1.165, 1.54) is 0 Å². The van der Waals surface area contributed by atoms with Crippen molar-refractivity contribution in [3.8, 4) is 0 Å². The monoisotopic (exact) mass is 588 g/mol. The molecule has 13 atom stereocenters. The number of benzene rings is 2. The third-order valence-corrected chi connectivity index (χ3v) is 11.5. The summed E-state index contributed by atoms with van der Waals surface area (Å²) in [6.45, 7) is 11.6. The fourth-order valence-electron chi connectivity index (χ4n) is 9.46. The van der Waals surface area contributed by atoms with E-state index < -0.39 is 88.2 Å². The number of fused-ring (bicyclic) bond motifs is 3. The maximum absolute atomic E-state index is 13.8. The summed E-state index contributed by atoms with van der Waals surface area (Å²) in [6.07, 6.45) is -3.67. The number of epoxide rings is 1. The van der Waals surface area contributed by atoms with Crippen LogP contribution in [0, 0.1) is 23.7 Å². The van der Waals surface area contributed by atoms with E-state index in [0.717, 1.165) is 0 Å². The number of carbonyl (C=O) groups excluding carboxylic acids is 2. The molecule has 8 rings (SSSR count). The lowest BCUT2D eigenvalue weighted by Crippen LogP contribution is -2.76. The van der Waals surface area contributed by atoms with Crippen LogP contribution in [0.1, 0.15) is 50.0 Å². The molecule has 6 aliphatic rings. The van der Waals surface area contributed by atoms with Crippen molar-refractivity contribution in [3.05, 3.63) is 83.9 Å². The van der Waals surface area contributed by atoms with Crippen LogP contribution in [0.2, 0.25) is 0 Å². The highest BCUT2D eigenvalue weighted by atomic mass is 16.9. The van der Waals surface area contributed by atoms with Gasteiger partial charge in [0.1, 0.15) is 23.9 Å². The van der Waals surface area contributed by atoms with Gasteiger partial charge < -0.3 is 33.9 Å². The van der Waals surface area contributed by atoms with Crippen LogP contribution >= 0.6 is 0 Å². The number of ether oxygens (including phenoxy) is 5. The molecule has 226 valence electrons. The standard InChI is InChI=1S/C34H36O9/c1-17(2)32-25(39-28(36)20-12-8-6-9-13-20)19(4)33-22-16-18(3)24(35)31(22,38)29(37)30(5)26(40-30)23(33)27(32)41-34(42-32,43-33)21-14-10-7-11-15-21/h6-15,18-19,22-23,25-27,29,37-38H,1,16H2,2-5H3/t18-,19+,22+,23-,25-,26-,27+,29+,30-,31+,32-,33-,34?/m0/s1. The zero-order valence-electron chi connectivity index (χ0n) is 24.6. The Labute approximate surface area is 249 Å². The molecule has 0 aromatic heterocycles. The molecule has 3 aliphatic heterocycles. The average molecular weight is 589 g/mol. The Balaban J connectivity index is 1.39. The highest BCUT2D eigenvalue weighted by Gasteiger charge is 2.90. The third kappa shape index (κ3) is 3.03. The quantitative estimate of drug-likeness (QED) is 0.315. The Morgan fingerprint density at radius 3 is 2.30 bits per heavy atom. The van der Waals surface area contributed by atoms with Crippen LogP contribution in [0.5, 0.6) is 0 Å². The zero-order chi connectivity index (χ0) is 30.3. The molecule has 3 aliphatic carbocycles. The first-order valence-electron chi connectivity index (χ1n) is 15.1. The molecule has 3 heterocycles. The maximum atomic E-state index is 13.8. The van der Waals surface area contributed by atoms with Gasteiger partial charge >= 0.3 is 11.9 Å². The van der Waals surface area contributed by atoms with Crippen LogP contribution < -0.4 is 0 Å². The van der Waals surface area contributed by atoms with Gasteiger partial charge in [-0.2, -0.15) is 0 Å². The number of esters is 1. The Bertz CT molecular complexity index is 1550. The molecule has 0 radical (unpaired) electrons. The average Bonchev–Trinajstić information content (AvgIpc) is 3.55. The Morgan fingerprint density at radius 2 is 1.65 bits per heavy atom. The molecule has 9 nitrogen and oxygen atoms in total. The van der Waals surface area contributed by atoms with Gasteiger partial charge in [-0.25, -0.2) is 4.79 Å². The number of hydrogen-bond acceptors (Lipinski definition) is 9. The van der Waals surface area contributed by atoms with E-state index in [1.54, 1.807) is 38.1 Å². The second-order valence-corrected chi connectivity index (χ2v) is 13.6. The maximum Gasteiger partial charge on any atom is 0.338 e. The minimum Gasteiger partial charge on any atom is -0.455 e. The molecular formula is C34H36O9. The Hall–Kier alpha value is -2.92. The summed E-state index contributed by atoms with van der Waals surface area (Å²) in [7, 11) is 0. The van der Waals surface area contributed by atoms with E-state index in [1.807, 2.05) is 50.2 Å². The predicted octanol–water partition coefficient (Wildman–Crippen LogP) is 3.28. The first-order chi connectivity index (χ1) is 20.4. The third-order valence-electron chi connectivity index (χ3n) is 11.5. The fourth-order valence-corrected chi connectivity index (χ4v) is 9.46. The molecule has 3 saturated carbocycles. The Morgan fingerprint density at radius 1 is 1.00 bits per heavy atom. The van der Waals surface area contributed by atoms with Crippen molar-refractivity contribution in [2.24, 2.45) is 23.7 Å². The molecule has 2 N–H and O–H groups in total. The van der Waals surface area contributed by atoms with E-state index in [2.05, 4.69) is 6.58 Å². The summed E-state index contributed by atoms with van der Waals surface area (Å²) < 4.78 is 33.7. The summed E-state index contributed by atoms with van der Waals surface area (Å²) in [4.78, 5) is 27.6. The van der Waals surface area contributed by atoms with Gasteiger partial charge in [0.15, 0.2) is 17.0 Å². The SMILES string of the molecule is C=C(C)[C@@]12OC3(c4ccccc4)O[C@@H]1[C@@H]1[C@@H]4O[C@]4(C)[C@@H](O)[C@]4(O)C(=O)[C@@H](C)C[C@H]4[C@@]1(O3)[C@H](C)[C@@H]2OC(=O)c1ccccc1. The number of aliphatic hydroxyl groups excluding tert-OH is 1. The minimum absolute atomic E-state index is 0.257. The van der Waals surface area contributed by atoms with E-state index in [-0.39, 0.29) is 6.42 Å². The summed E-state index contributed by atoms with van der Waals surface area (Å²) in [6, 6.07) is 17.9. The molecule has 0 amide bonds. The molecule has 43 heavy (non-hydrogen) atoms. The van der Waals surface area contributed by atoms with Crippen molar-refractivity contribution in [2.45, 2.75) is 86.9 Å². The van der Waals surface area contributed by atoms with E-state index in [4.69, 9.17) is 23.7 Å². The van der Waals surface area contributed by atoms with Crippen LogP contribution in [0.3, 0.4) is 0 Å². The molecular weight excluding hydrogens is 552 g/mol. The zero-order valence-corrected chi connectivity index (χ0v) is 24.6. The highest BCUT2D eigenvalue weighted by molar-refractivity contribution is 5.93. The molecule has 9 heteroatoms. The van der Waals surface area contributed by atoms with Crippen molar-refractivity contribution in [1.29, 1.82) is 0 Å². The van der Waals surface area contributed by atoms with Crippen molar-refractivity contribution in [1.82, 2.24) is 0 Å². The number of ketones is 1. The van der Waals surface area contributed by atoms with E-state index in [0.29, 0.717) is 16.7 Å². The Kier molecular flexibility index (Phi) is 5.40. The number of aliphatic hydroxyl groups is 2. The van der Waals surface area contributed by atoms with Gasteiger partial charge in [0.25, 0.3) is 0 Å². The molecule has 0 spiro atoms. The van der Waals surface area contributed by atoms with Crippen LogP contribution in [-0.4, -0.2) is 68.8 Å². The smallest absolute Gasteiger partial charge is 0.338 e. The normalized spacial score (nSPS) is 50.3. The lowest BCUT2D eigenvalue weighted by Gasteiger charge is -2.61. The predicted molar refractivity (Wildman–Crippen MR) is 150 cm³/mol. The minimum atomic E-state index is -2.17. The molecule has 2 aromatic carbocycles. The van der Waals surface area contributed by atoms with Gasteiger partial charge in [-0.1, -0.05) is 69.0 Å². The summed E-state index contributed by atoms with van der Waals surface area (Å²) >= 11 is 0. The highest BCUT2D eigenvalue weighted by Crippen LogP contribution is 2.74. The van der Waals surface area contributed by atoms with Gasteiger partial charge in [0, 0.05) is 29.2 Å². The van der Waals surface area contributed by atoms with Gasteiger partial charge in [-0.3, -0.25) is 4.79 Å². The number of Topliss-reactive ketones (excluding diaryl/α,β-unsaturated/α-hetero) is 1. The topological polar surface area (TPSA) is 124 Å². The van der Waals surface area contributed by atoms with Gasteiger partial charge in [0.2, 0.25) is 0 Å². The van der Waals surface area contributed by atoms with Gasteiger partial charge in [0.05, 0.1) is 17.3 Å². The van der Waals surface area contributed by atoms with Crippen molar-refractivity contribution < 1.29 is 43.5 Å². The fraction of sp³-hybridized carbons (Fsp3) is 0.529. The second-order valence-electron chi connectivity index (χ2n) is 13.6. The van der Waals surface area contributed by atoms with E-state index in [9.17, 15) is 19.8 Å². The summed E-state index contributed by atoms with van der Waals surface area (Å²) in [5, 5.41) is 24.2. The number of hydrogen-bond donors (Lipinski definition) is 2. The molecule has 1 unspecified atom stereocenters. The van der Waals surface area contributed by atoms with Crippen molar-refractivity contribution in [3.63, 3.8) is 0 Å². The molecule has 6 fully saturated rings. The first-order valence-corrected chi connectivity index (χ1v) is 15.1. The van der Waals surface area contributed by atoms with Crippen molar-refractivity contribution in [2.75, 3.05) is 0 Å². The largest absolute Gasteiger partial charge is 0.455 e. The van der Waals surface area contributed by atoms with Crippen LogP contribution in [-0.2, 0) is 34.5 Å². The van der Waals surface area contributed by atoms with Crippen LogP contribution in [0.15, 0.2) is 72.8 Å². The first kappa shape index (κ1) is 27.6. The van der Waals surface area contributed by atoms with Gasteiger partial charge in [-0.15, -0.1) is 0 Å². The molecule has 2 aromatic rings. The summed E-state index contributed by atoms with van der Waals surface area (Å²) in [5.74, 6) is -5.44. The lowest BCUT2D eigenvalue weighted by molar-refractivity contribution is -0.443. The molecule has 3 saturated heterocycles.